The van der Waals surface area contributed by atoms with E-state index in [2.05, 4.69) is 5.32 Å². The van der Waals surface area contributed by atoms with Crippen LogP contribution in [0.1, 0.15) is 22.0 Å². The van der Waals surface area contributed by atoms with Crippen LogP contribution in [0.4, 0.5) is 11.4 Å². The summed E-state index contributed by atoms with van der Waals surface area (Å²) < 4.78 is 5.12. The predicted octanol–water partition coefficient (Wildman–Crippen LogP) is 3.04. The maximum atomic E-state index is 11.8. The lowest BCUT2D eigenvalue weighted by atomic mass is 10.0. The highest BCUT2D eigenvalue weighted by Crippen LogP contribution is 2.35. The van der Waals surface area contributed by atoms with Gasteiger partial charge in [-0.3, -0.25) is 20.2 Å². The van der Waals surface area contributed by atoms with E-state index in [-0.39, 0.29) is 16.9 Å². The number of benzene rings is 2. The molecule has 2 aromatic carbocycles. The Bertz CT molecular complexity index is 891. The van der Waals surface area contributed by atoms with Crippen LogP contribution in [-0.4, -0.2) is 15.8 Å². The fourth-order valence-electron chi connectivity index (χ4n) is 2.43. The topological polar surface area (TPSA) is 125 Å². The van der Waals surface area contributed by atoms with Crippen molar-refractivity contribution in [1.82, 2.24) is 0 Å². The number of hydrogen-bond acceptors (Lipinski definition) is 7. The Morgan fingerprint density at radius 1 is 1.08 bits per heavy atom. The van der Waals surface area contributed by atoms with Crippen LogP contribution in [0, 0.1) is 20.2 Å². The molecule has 0 unspecified atom stereocenters. The predicted molar refractivity (Wildman–Crippen MR) is 86.4 cm³/mol. The molecule has 25 heavy (non-hydrogen) atoms. The van der Waals surface area contributed by atoms with Crippen molar-refractivity contribution in [3.63, 3.8) is 0 Å². The van der Waals surface area contributed by atoms with Crippen molar-refractivity contribution >= 4 is 17.3 Å². The van der Waals surface area contributed by atoms with Crippen LogP contribution in [0.2, 0.25) is 0 Å². The van der Waals surface area contributed by atoms with Gasteiger partial charge in [-0.25, -0.2) is 4.79 Å². The minimum Gasteiger partial charge on any atom is -0.442 e. The second-order valence-corrected chi connectivity index (χ2v) is 5.15. The summed E-state index contributed by atoms with van der Waals surface area (Å²) in [6.45, 7) is 0. The summed E-state index contributed by atoms with van der Waals surface area (Å²) in [6.07, 6.45) is -0.00875. The van der Waals surface area contributed by atoms with Gasteiger partial charge in [-0.1, -0.05) is 18.2 Å². The van der Waals surface area contributed by atoms with Gasteiger partial charge in [-0.05, 0) is 18.2 Å². The number of carbonyl (C=O) groups excluding carboxylic acids is 1. The third kappa shape index (κ3) is 3.15. The van der Waals surface area contributed by atoms with E-state index in [9.17, 15) is 25.0 Å². The lowest BCUT2D eigenvalue weighted by molar-refractivity contribution is -0.436. The largest absolute Gasteiger partial charge is 0.442 e. The first-order chi connectivity index (χ1) is 12.0. The Morgan fingerprint density at radius 3 is 2.40 bits per heavy atom. The van der Waals surface area contributed by atoms with Crippen molar-refractivity contribution in [3.05, 3.63) is 91.8 Å². The summed E-state index contributed by atoms with van der Waals surface area (Å²) >= 11 is 0. The Morgan fingerprint density at radius 2 is 1.76 bits per heavy atom. The number of non-ortho nitro benzene ring substituents is 1. The summed E-state index contributed by atoms with van der Waals surface area (Å²) in [6, 6.07) is 11.8. The standard InChI is InChI=1S/C16H11N3O6/c20-16-13-4-2-1-3-12(13)15(25-16)14(19(23)24)9-17-10-5-7-11(8-6-10)18(21)22/h1-9,15,17H/b14-9+/t15-/m1/s1. The Kier molecular flexibility index (Phi) is 4.12. The maximum Gasteiger partial charge on any atom is 0.339 e. The summed E-state index contributed by atoms with van der Waals surface area (Å²) in [5.41, 5.74) is 0.679. The van der Waals surface area contributed by atoms with Crippen molar-refractivity contribution in [1.29, 1.82) is 0 Å². The van der Waals surface area contributed by atoms with Gasteiger partial charge in [0.1, 0.15) is 0 Å². The first kappa shape index (κ1) is 16.1. The number of rotatable bonds is 5. The van der Waals surface area contributed by atoms with Gasteiger partial charge in [0.05, 0.1) is 21.6 Å². The van der Waals surface area contributed by atoms with Crippen molar-refractivity contribution in [2.75, 3.05) is 5.32 Å². The van der Waals surface area contributed by atoms with E-state index in [4.69, 9.17) is 4.74 Å². The van der Waals surface area contributed by atoms with Crippen LogP contribution in [0.25, 0.3) is 0 Å². The first-order valence-corrected chi connectivity index (χ1v) is 7.12. The molecule has 2 aromatic rings. The second-order valence-electron chi connectivity index (χ2n) is 5.15. The van der Waals surface area contributed by atoms with Crippen LogP contribution in [0.3, 0.4) is 0 Å². The molecule has 0 aromatic heterocycles. The number of fused-ring (bicyclic) bond motifs is 1. The normalized spacial score (nSPS) is 16.1. The number of ether oxygens (including phenoxy) is 1. The third-order valence-electron chi connectivity index (χ3n) is 3.63. The molecule has 9 heteroatoms. The smallest absolute Gasteiger partial charge is 0.339 e. The van der Waals surface area contributed by atoms with Crippen molar-refractivity contribution in [2.24, 2.45) is 0 Å². The van der Waals surface area contributed by atoms with Crippen molar-refractivity contribution in [2.45, 2.75) is 6.10 Å². The molecule has 0 fully saturated rings. The molecule has 0 spiro atoms. The van der Waals surface area contributed by atoms with Gasteiger partial charge in [0.2, 0.25) is 6.10 Å². The molecule has 3 rings (SSSR count). The summed E-state index contributed by atoms with van der Waals surface area (Å²) in [5.74, 6) is -0.622. The van der Waals surface area contributed by atoms with E-state index in [1.165, 1.54) is 24.3 Å². The molecule has 9 nitrogen and oxygen atoms in total. The zero-order chi connectivity index (χ0) is 18.0. The zero-order valence-corrected chi connectivity index (χ0v) is 12.6. The van der Waals surface area contributed by atoms with E-state index >= 15 is 0 Å². The average Bonchev–Trinajstić information content (AvgIpc) is 2.92. The highest BCUT2D eigenvalue weighted by atomic mass is 16.6. The van der Waals surface area contributed by atoms with Gasteiger partial charge in [0, 0.05) is 23.4 Å². The lowest BCUT2D eigenvalue weighted by Crippen LogP contribution is -2.12. The minimum absolute atomic E-state index is 0.0947. The van der Waals surface area contributed by atoms with E-state index in [0.29, 0.717) is 11.3 Å². The number of nitrogens with one attached hydrogen (secondary N) is 1. The van der Waals surface area contributed by atoms with E-state index < -0.39 is 21.9 Å². The SMILES string of the molecule is O=C1O[C@@H](/C(=C\Nc2ccc([N+](=O)[O-])cc2)[N+](=O)[O-])c2ccccc21. The molecular formula is C16H11N3O6. The van der Waals surface area contributed by atoms with Gasteiger partial charge < -0.3 is 10.1 Å². The lowest BCUT2D eigenvalue weighted by Gasteiger charge is -2.08. The molecule has 1 atom stereocenters. The third-order valence-corrected chi connectivity index (χ3v) is 3.63. The van der Waals surface area contributed by atoms with Gasteiger partial charge in [-0.2, -0.15) is 0 Å². The number of cyclic esters (lactones) is 1. The molecule has 0 radical (unpaired) electrons. The van der Waals surface area contributed by atoms with Crippen LogP contribution < -0.4 is 5.32 Å². The molecule has 0 amide bonds. The number of carbonyl (C=O) groups is 1. The van der Waals surface area contributed by atoms with Gasteiger partial charge in [-0.15, -0.1) is 0 Å². The molecule has 1 aliphatic rings. The molecule has 1 N–H and O–H groups in total. The minimum atomic E-state index is -1.12. The number of nitrogens with zero attached hydrogens (tertiary/aromatic N) is 2. The monoisotopic (exact) mass is 341 g/mol. The molecular weight excluding hydrogens is 330 g/mol. The van der Waals surface area contributed by atoms with Gasteiger partial charge >= 0.3 is 11.7 Å². The maximum absolute atomic E-state index is 11.8. The second kappa shape index (κ2) is 6.40. The first-order valence-electron chi connectivity index (χ1n) is 7.12. The quantitative estimate of drug-likeness (QED) is 0.503. The Labute approximate surface area is 140 Å². The average molecular weight is 341 g/mol. The van der Waals surface area contributed by atoms with E-state index in [0.717, 1.165) is 6.20 Å². The molecule has 1 heterocycles. The molecule has 0 saturated heterocycles. The molecule has 0 bridgehead atoms. The van der Waals surface area contributed by atoms with E-state index in [1.54, 1.807) is 24.3 Å². The number of anilines is 1. The molecule has 1 aliphatic heterocycles. The number of esters is 1. The van der Waals surface area contributed by atoms with Crippen LogP contribution in [-0.2, 0) is 4.74 Å². The zero-order valence-electron chi connectivity index (χ0n) is 12.6. The van der Waals surface area contributed by atoms with E-state index in [1.807, 2.05) is 0 Å². The van der Waals surface area contributed by atoms with Gasteiger partial charge in [0.15, 0.2) is 0 Å². The van der Waals surface area contributed by atoms with Crippen LogP contribution in [0.15, 0.2) is 60.4 Å². The Hall–Kier alpha value is -3.75. The van der Waals surface area contributed by atoms with Crippen LogP contribution >= 0.6 is 0 Å². The highest BCUT2D eigenvalue weighted by molar-refractivity contribution is 5.94. The highest BCUT2D eigenvalue weighted by Gasteiger charge is 2.39. The van der Waals surface area contributed by atoms with Crippen LogP contribution in [0.5, 0.6) is 0 Å². The summed E-state index contributed by atoms with van der Waals surface area (Å²) in [4.78, 5) is 32.6. The Balaban J connectivity index is 1.87. The fraction of sp³-hybridized carbons (Fsp3) is 0.0625. The van der Waals surface area contributed by atoms with Crippen molar-refractivity contribution in [3.8, 4) is 0 Å². The number of nitro benzene ring substituents is 1. The molecule has 0 saturated carbocycles. The summed E-state index contributed by atoms with van der Waals surface area (Å²) in [7, 11) is 0. The number of nitro groups is 2. The van der Waals surface area contributed by atoms with Gasteiger partial charge in [0.25, 0.3) is 5.69 Å². The number of hydrogen-bond donors (Lipinski definition) is 1. The fourth-order valence-corrected chi connectivity index (χ4v) is 2.43. The molecule has 0 aliphatic carbocycles. The van der Waals surface area contributed by atoms with Crippen molar-refractivity contribution < 1.29 is 19.4 Å². The summed E-state index contributed by atoms with van der Waals surface area (Å²) in [5, 5.41) is 24.7. The molecule has 126 valence electrons.